The summed E-state index contributed by atoms with van der Waals surface area (Å²) in [6, 6.07) is 2.72. The van der Waals surface area contributed by atoms with Crippen LogP contribution in [0.15, 0.2) is 16.5 Å². The van der Waals surface area contributed by atoms with Gasteiger partial charge >= 0.3 is 6.18 Å². The molecule has 0 aliphatic heterocycles. The highest BCUT2D eigenvalue weighted by Crippen LogP contribution is 2.28. The molecule has 1 aromatic heterocycles. The van der Waals surface area contributed by atoms with Crippen LogP contribution in [0.5, 0.6) is 0 Å². The lowest BCUT2D eigenvalue weighted by atomic mass is 10.1. The van der Waals surface area contributed by atoms with Gasteiger partial charge in [-0.2, -0.15) is 13.2 Å². The van der Waals surface area contributed by atoms with Crippen molar-refractivity contribution in [2.75, 3.05) is 0 Å². The number of alkyl halides is 3. The van der Waals surface area contributed by atoms with Gasteiger partial charge in [-0.05, 0) is 30.2 Å². The summed E-state index contributed by atoms with van der Waals surface area (Å²) in [6.07, 6.45) is -7.00. The Labute approximate surface area is 83.3 Å². The molecule has 1 N–H and O–H groups in total. The van der Waals surface area contributed by atoms with E-state index in [0.29, 0.717) is 0 Å². The molecule has 0 aromatic carbocycles. The van der Waals surface area contributed by atoms with E-state index in [-0.39, 0.29) is 11.0 Å². The molecule has 1 unspecified atom stereocenters. The maximum atomic E-state index is 11.8. The van der Waals surface area contributed by atoms with Crippen LogP contribution in [0.25, 0.3) is 0 Å². The third-order valence-electron chi connectivity index (χ3n) is 1.62. The van der Waals surface area contributed by atoms with E-state index in [9.17, 15) is 18.3 Å². The smallest absolute Gasteiger partial charge is 0.389 e. The Morgan fingerprint density at radius 3 is 2.50 bits per heavy atom. The summed E-state index contributed by atoms with van der Waals surface area (Å²) >= 11 is 5.39. The SMILES string of the molecule is OC(CCC(F)(F)F)c1ccc(Cl)o1. The Morgan fingerprint density at radius 2 is 2.07 bits per heavy atom. The predicted molar refractivity (Wildman–Crippen MR) is 44.0 cm³/mol. The molecule has 0 saturated heterocycles. The summed E-state index contributed by atoms with van der Waals surface area (Å²) in [7, 11) is 0. The monoisotopic (exact) mass is 228 g/mol. The number of hydrogen-bond acceptors (Lipinski definition) is 2. The van der Waals surface area contributed by atoms with Gasteiger partial charge in [-0.25, -0.2) is 0 Å². The van der Waals surface area contributed by atoms with Crippen molar-refractivity contribution in [2.24, 2.45) is 0 Å². The van der Waals surface area contributed by atoms with E-state index in [1.54, 1.807) is 0 Å². The van der Waals surface area contributed by atoms with Crippen LogP contribution in [0, 0.1) is 0 Å². The minimum atomic E-state index is -4.27. The molecule has 0 aliphatic rings. The molecule has 1 atom stereocenters. The summed E-state index contributed by atoms with van der Waals surface area (Å²) in [5.41, 5.74) is 0. The van der Waals surface area contributed by atoms with Crippen molar-refractivity contribution in [2.45, 2.75) is 25.1 Å². The third-order valence-corrected chi connectivity index (χ3v) is 1.83. The molecular formula is C8H8ClF3O2. The fourth-order valence-electron chi connectivity index (χ4n) is 0.950. The van der Waals surface area contributed by atoms with Gasteiger partial charge in [0.1, 0.15) is 11.9 Å². The summed E-state index contributed by atoms with van der Waals surface area (Å²) in [6.45, 7) is 0. The van der Waals surface area contributed by atoms with Crippen LogP contribution in [0.1, 0.15) is 24.7 Å². The highest BCUT2D eigenvalue weighted by molar-refractivity contribution is 6.28. The number of hydrogen-bond donors (Lipinski definition) is 1. The molecule has 0 aliphatic carbocycles. The molecule has 1 rings (SSSR count). The molecular weight excluding hydrogens is 221 g/mol. The number of rotatable bonds is 3. The lowest BCUT2D eigenvalue weighted by molar-refractivity contribution is -0.140. The molecule has 0 amide bonds. The van der Waals surface area contributed by atoms with E-state index < -0.39 is 25.1 Å². The average Bonchev–Trinajstić information content (AvgIpc) is 2.46. The molecule has 80 valence electrons. The first-order chi connectivity index (χ1) is 6.38. The topological polar surface area (TPSA) is 33.4 Å². The fraction of sp³-hybridized carbons (Fsp3) is 0.500. The maximum Gasteiger partial charge on any atom is 0.389 e. The Balaban J connectivity index is 2.47. The zero-order valence-electron chi connectivity index (χ0n) is 7.01. The lowest BCUT2D eigenvalue weighted by Gasteiger charge is -2.09. The van der Waals surface area contributed by atoms with Crippen molar-refractivity contribution in [1.29, 1.82) is 0 Å². The van der Waals surface area contributed by atoms with Crippen LogP contribution in [0.4, 0.5) is 13.2 Å². The zero-order valence-corrected chi connectivity index (χ0v) is 7.77. The first-order valence-corrected chi connectivity index (χ1v) is 4.26. The fourth-order valence-corrected chi connectivity index (χ4v) is 1.10. The van der Waals surface area contributed by atoms with Crippen LogP contribution in [0.2, 0.25) is 5.22 Å². The van der Waals surface area contributed by atoms with Crippen LogP contribution in [-0.2, 0) is 0 Å². The number of aliphatic hydroxyl groups is 1. The molecule has 0 fully saturated rings. The first kappa shape index (κ1) is 11.4. The number of aliphatic hydroxyl groups excluding tert-OH is 1. The molecule has 0 bridgehead atoms. The van der Waals surface area contributed by atoms with E-state index in [0.717, 1.165) is 0 Å². The van der Waals surface area contributed by atoms with Gasteiger partial charge in [-0.15, -0.1) is 0 Å². The average molecular weight is 229 g/mol. The van der Waals surface area contributed by atoms with Crippen molar-refractivity contribution >= 4 is 11.6 Å². The molecule has 1 aromatic rings. The van der Waals surface area contributed by atoms with Gasteiger partial charge in [-0.3, -0.25) is 0 Å². The van der Waals surface area contributed by atoms with E-state index in [1.807, 2.05) is 0 Å². The van der Waals surface area contributed by atoms with Gasteiger partial charge in [0, 0.05) is 6.42 Å². The van der Waals surface area contributed by atoms with Gasteiger partial charge in [0.15, 0.2) is 5.22 Å². The minimum absolute atomic E-state index is 0.0473. The second-order valence-corrected chi connectivity index (χ2v) is 3.18. The first-order valence-electron chi connectivity index (χ1n) is 3.88. The van der Waals surface area contributed by atoms with Gasteiger partial charge in [0.25, 0.3) is 0 Å². The normalized spacial score (nSPS) is 14.4. The Hall–Kier alpha value is -0.680. The molecule has 0 spiro atoms. The van der Waals surface area contributed by atoms with Gasteiger partial charge < -0.3 is 9.52 Å². The van der Waals surface area contributed by atoms with Crippen LogP contribution in [0.3, 0.4) is 0 Å². The second-order valence-electron chi connectivity index (χ2n) is 2.81. The van der Waals surface area contributed by atoms with Crippen LogP contribution >= 0.6 is 11.6 Å². The minimum Gasteiger partial charge on any atom is -0.447 e. The summed E-state index contributed by atoms with van der Waals surface area (Å²) in [5, 5.41) is 9.29. The number of furan rings is 1. The second kappa shape index (κ2) is 4.23. The van der Waals surface area contributed by atoms with Crippen molar-refractivity contribution in [3.05, 3.63) is 23.1 Å². The summed E-state index contributed by atoms with van der Waals surface area (Å²) in [4.78, 5) is 0. The molecule has 14 heavy (non-hydrogen) atoms. The summed E-state index contributed by atoms with van der Waals surface area (Å²) < 4.78 is 40.1. The van der Waals surface area contributed by atoms with Crippen LogP contribution < -0.4 is 0 Å². The van der Waals surface area contributed by atoms with Crippen molar-refractivity contribution in [1.82, 2.24) is 0 Å². The predicted octanol–water partition coefficient (Wildman–Crippen LogP) is 3.31. The van der Waals surface area contributed by atoms with E-state index in [1.165, 1.54) is 12.1 Å². The zero-order chi connectivity index (χ0) is 10.8. The molecule has 0 radical (unpaired) electrons. The van der Waals surface area contributed by atoms with Crippen molar-refractivity contribution < 1.29 is 22.7 Å². The largest absolute Gasteiger partial charge is 0.447 e. The molecule has 1 heterocycles. The summed E-state index contributed by atoms with van der Waals surface area (Å²) in [5.74, 6) is 0.0549. The van der Waals surface area contributed by atoms with Crippen molar-refractivity contribution in [3.63, 3.8) is 0 Å². The Bertz CT molecular complexity index is 295. The van der Waals surface area contributed by atoms with Crippen LogP contribution in [-0.4, -0.2) is 11.3 Å². The molecule has 2 nitrogen and oxygen atoms in total. The highest BCUT2D eigenvalue weighted by Gasteiger charge is 2.28. The number of halogens is 4. The van der Waals surface area contributed by atoms with Gasteiger partial charge in [0.2, 0.25) is 0 Å². The van der Waals surface area contributed by atoms with E-state index in [4.69, 9.17) is 16.0 Å². The highest BCUT2D eigenvalue weighted by atomic mass is 35.5. The Kier molecular flexibility index (Phi) is 3.44. The van der Waals surface area contributed by atoms with Crippen molar-refractivity contribution in [3.8, 4) is 0 Å². The molecule has 6 heteroatoms. The third kappa shape index (κ3) is 3.59. The van der Waals surface area contributed by atoms with E-state index in [2.05, 4.69) is 0 Å². The lowest BCUT2D eigenvalue weighted by Crippen LogP contribution is -2.09. The maximum absolute atomic E-state index is 11.8. The quantitative estimate of drug-likeness (QED) is 0.861. The Morgan fingerprint density at radius 1 is 1.43 bits per heavy atom. The standard InChI is InChI=1S/C8H8ClF3O2/c9-7-2-1-6(14-7)5(13)3-4-8(10,11)12/h1-2,5,13H,3-4H2. The van der Waals surface area contributed by atoms with Gasteiger partial charge in [0.05, 0.1) is 0 Å². The van der Waals surface area contributed by atoms with E-state index >= 15 is 0 Å². The molecule has 0 saturated carbocycles. The van der Waals surface area contributed by atoms with Gasteiger partial charge in [-0.1, -0.05) is 0 Å².